The molecule has 0 radical (unpaired) electrons. The van der Waals surface area contributed by atoms with Crippen LogP contribution >= 0.6 is 0 Å². The highest BCUT2D eigenvalue weighted by atomic mass is 16.2. The maximum Gasteiger partial charge on any atom is 0.325 e. The smallest absolute Gasteiger partial charge is 0.325 e. The van der Waals surface area contributed by atoms with Crippen molar-refractivity contribution in [1.29, 1.82) is 5.26 Å². The first kappa shape index (κ1) is 15.5. The minimum Gasteiger partial charge on any atom is -0.359 e. The summed E-state index contributed by atoms with van der Waals surface area (Å²) >= 11 is 0. The summed E-state index contributed by atoms with van der Waals surface area (Å²) in [6.45, 7) is 1.24. The van der Waals surface area contributed by atoms with Gasteiger partial charge < -0.3 is 10.3 Å². The Balaban J connectivity index is 1.85. The summed E-state index contributed by atoms with van der Waals surface area (Å²) < 4.78 is 0. The maximum atomic E-state index is 12.7. The molecule has 2 heterocycles. The van der Waals surface area contributed by atoms with E-state index in [1.54, 1.807) is 49.5 Å². The Morgan fingerprint density at radius 2 is 1.96 bits per heavy atom. The number of hydrogen-bond donors (Lipinski definition) is 2. The summed E-state index contributed by atoms with van der Waals surface area (Å²) in [5.41, 5.74) is 0.0799. The number of hydrogen-bond acceptors (Lipinski definition) is 4. The molecule has 1 saturated heterocycles. The molecule has 0 saturated carbocycles. The number of benzene rings is 1. The second-order valence-electron chi connectivity index (χ2n) is 5.64. The number of nitrogens with zero attached hydrogens (tertiary/aromatic N) is 2. The largest absolute Gasteiger partial charge is 0.359 e. The SMILES string of the molecule is CC1(c2ccc(C#N)cc2)NC(=O)N(CC(=O)c2ccc[nH]2)C1=O. The predicted octanol–water partition coefficient (Wildman–Crippen LogP) is 1.54. The lowest BCUT2D eigenvalue weighted by molar-refractivity contribution is -0.130. The number of ketones is 1. The van der Waals surface area contributed by atoms with E-state index in [2.05, 4.69) is 10.3 Å². The van der Waals surface area contributed by atoms with Gasteiger partial charge in [-0.05, 0) is 36.8 Å². The summed E-state index contributed by atoms with van der Waals surface area (Å²) in [6.07, 6.45) is 1.60. The molecular weight excluding hydrogens is 308 g/mol. The van der Waals surface area contributed by atoms with E-state index in [-0.39, 0.29) is 12.3 Å². The lowest BCUT2D eigenvalue weighted by atomic mass is 9.91. The average molecular weight is 322 g/mol. The molecule has 3 amide bonds. The molecule has 1 aromatic carbocycles. The number of nitrogens with one attached hydrogen (secondary N) is 2. The van der Waals surface area contributed by atoms with Crippen molar-refractivity contribution in [2.45, 2.75) is 12.5 Å². The Morgan fingerprint density at radius 3 is 2.54 bits per heavy atom. The molecule has 1 aliphatic heterocycles. The summed E-state index contributed by atoms with van der Waals surface area (Å²) in [6, 6.07) is 11.0. The molecule has 0 bridgehead atoms. The van der Waals surface area contributed by atoms with Crippen LogP contribution in [-0.4, -0.2) is 34.2 Å². The first-order valence-corrected chi connectivity index (χ1v) is 7.27. The van der Waals surface area contributed by atoms with Crippen molar-refractivity contribution in [2.24, 2.45) is 0 Å². The third kappa shape index (κ3) is 2.44. The van der Waals surface area contributed by atoms with Crippen molar-refractivity contribution >= 4 is 17.7 Å². The molecular formula is C17H14N4O3. The topological polar surface area (TPSA) is 106 Å². The van der Waals surface area contributed by atoms with E-state index >= 15 is 0 Å². The highest BCUT2D eigenvalue weighted by molar-refractivity contribution is 6.10. The van der Waals surface area contributed by atoms with Crippen LogP contribution in [0.2, 0.25) is 0 Å². The van der Waals surface area contributed by atoms with E-state index in [4.69, 9.17) is 5.26 Å². The van der Waals surface area contributed by atoms with Gasteiger partial charge in [0.05, 0.1) is 23.9 Å². The van der Waals surface area contributed by atoms with Gasteiger partial charge >= 0.3 is 6.03 Å². The van der Waals surface area contributed by atoms with Crippen LogP contribution in [-0.2, 0) is 10.3 Å². The molecule has 120 valence electrons. The Labute approximate surface area is 137 Å². The molecule has 2 aromatic rings. The third-order valence-corrected chi connectivity index (χ3v) is 4.07. The Bertz CT molecular complexity index is 849. The van der Waals surface area contributed by atoms with Crippen LogP contribution in [0.3, 0.4) is 0 Å². The van der Waals surface area contributed by atoms with Gasteiger partial charge in [0, 0.05) is 6.20 Å². The van der Waals surface area contributed by atoms with Crippen molar-refractivity contribution in [3.8, 4) is 6.07 Å². The first-order valence-electron chi connectivity index (χ1n) is 7.27. The maximum absolute atomic E-state index is 12.7. The van der Waals surface area contributed by atoms with Crippen LogP contribution in [0.25, 0.3) is 0 Å². The predicted molar refractivity (Wildman–Crippen MR) is 83.9 cm³/mol. The van der Waals surface area contributed by atoms with Crippen LogP contribution in [0.15, 0.2) is 42.6 Å². The number of H-pyrrole nitrogens is 1. The van der Waals surface area contributed by atoms with Gasteiger partial charge in [-0.25, -0.2) is 4.79 Å². The number of Topliss-reactive ketones (excluding diaryl/α,β-unsaturated/α-hetero) is 1. The summed E-state index contributed by atoms with van der Waals surface area (Å²) in [5, 5.41) is 11.5. The molecule has 7 heteroatoms. The number of aromatic nitrogens is 1. The van der Waals surface area contributed by atoms with Gasteiger partial charge in [-0.2, -0.15) is 5.26 Å². The number of aromatic amines is 1. The van der Waals surface area contributed by atoms with Crippen LogP contribution in [0.4, 0.5) is 4.79 Å². The quantitative estimate of drug-likeness (QED) is 0.657. The van der Waals surface area contributed by atoms with Gasteiger partial charge in [-0.3, -0.25) is 14.5 Å². The van der Waals surface area contributed by atoms with Crippen LogP contribution in [0.5, 0.6) is 0 Å². The van der Waals surface area contributed by atoms with Crippen LogP contribution < -0.4 is 5.32 Å². The minimum absolute atomic E-state index is 0.336. The number of imide groups is 1. The molecule has 0 aliphatic carbocycles. The fraction of sp³-hybridized carbons (Fsp3) is 0.176. The number of carbonyl (C=O) groups excluding carboxylic acids is 3. The number of amides is 3. The fourth-order valence-corrected chi connectivity index (χ4v) is 2.65. The number of carbonyl (C=O) groups is 3. The summed E-state index contributed by atoms with van der Waals surface area (Å²) in [7, 11) is 0. The van der Waals surface area contributed by atoms with E-state index in [1.807, 2.05) is 6.07 Å². The molecule has 3 rings (SSSR count). The molecule has 1 unspecified atom stereocenters. The highest BCUT2D eigenvalue weighted by Gasteiger charge is 2.49. The van der Waals surface area contributed by atoms with E-state index in [0.717, 1.165) is 4.90 Å². The molecule has 24 heavy (non-hydrogen) atoms. The van der Waals surface area contributed by atoms with Crippen LogP contribution in [0.1, 0.15) is 28.5 Å². The van der Waals surface area contributed by atoms with E-state index in [1.165, 1.54) is 0 Å². The zero-order chi connectivity index (χ0) is 17.3. The lowest BCUT2D eigenvalue weighted by Gasteiger charge is -2.22. The fourth-order valence-electron chi connectivity index (χ4n) is 2.65. The minimum atomic E-state index is -1.26. The van der Waals surface area contributed by atoms with Gasteiger partial charge in [-0.1, -0.05) is 12.1 Å². The van der Waals surface area contributed by atoms with E-state index in [9.17, 15) is 14.4 Å². The molecule has 1 aliphatic rings. The van der Waals surface area contributed by atoms with E-state index in [0.29, 0.717) is 16.8 Å². The normalized spacial score (nSPS) is 19.9. The molecule has 0 spiro atoms. The van der Waals surface area contributed by atoms with Gasteiger partial charge in [0.25, 0.3) is 5.91 Å². The zero-order valence-corrected chi connectivity index (χ0v) is 12.9. The van der Waals surface area contributed by atoms with Gasteiger partial charge in [-0.15, -0.1) is 0 Å². The van der Waals surface area contributed by atoms with Crippen molar-refractivity contribution in [3.05, 3.63) is 59.4 Å². The van der Waals surface area contributed by atoms with Crippen molar-refractivity contribution in [2.75, 3.05) is 6.54 Å². The second kappa shape index (κ2) is 5.66. The first-order chi connectivity index (χ1) is 11.5. The second-order valence-corrected chi connectivity index (χ2v) is 5.64. The summed E-state index contributed by atoms with van der Waals surface area (Å²) in [4.78, 5) is 40.7. The zero-order valence-electron chi connectivity index (χ0n) is 12.9. The number of nitriles is 1. The Morgan fingerprint density at radius 1 is 1.25 bits per heavy atom. The lowest BCUT2D eigenvalue weighted by Crippen LogP contribution is -2.41. The van der Waals surface area contributed by atoms with Crippen molar-refractivity contribution in [1.82, 2.24) is 15.2 Å². The van der Waals surface area contributed by atoms with Gasteiger partial charge in [0.2, 0.25) is 0 Å². The van der Waals surface area contributed by atoms with Crippen molar-refractivity contribution < 1.29 is 14.4 Å². The van der Waals surface area contributed by atoms with E-state index < -0.39 is 17.5 Å². The molecule has 1 aromatic heterocycles. The van der Waals surface area contributed by atoms with Gasteiger partial charge in [0.1, 0.15) is 5.54 Å². The standard InChI is InChI=1S/C17H14N4O3/c1-17(12-6-4-11(9-18)5-7-12)15(23)21(16(24)20-17)10-14(22)13-3-2-8-19-13/h2-8,19H,10H2,1H3,(H,20,24). The highest BCUT2D eigenvalue weighted by Crippen LogP contribution is 2.29. The summed E-state index contributed by atoms with van der Waals surface area (Å²) in [5.74, 6) is -0.857. The number of urea groups is 1. The Kier molecular flexibility index (Phi) is 3.66. The molecule has 7 nitrogen and oxygen atoms in total. The molecule has 1 atom stereocenters. The average Bonchev–Trinajstić information content (AvgIpc) is 3.19. The Hall–Kier alpha value is -3.40. The monoisotopic (exact) mass is 322 g/mol. The third-order valence-electron chi connectivity index (χ3n) is 4.07. The molecule has 2 N–H and O–H groups in total. The van der Waals surface area contributed by atoms with Crippen LogP contribution in [0, 0.1) is 11.3 Å². The van der Waals surface area contributed by atoms with Crippen molar-refractivity contribution in [3.63, 3.8) is 0 Å². The molecule has 1 fully saturated rings. The van der Waals surface area contributed by atoms with Gasteiger partial charge in [0.15, 0.2) is 5.78 Å². The number of rotatable bonds is 4.